The van der Waals surface area contributed by atoms with Crippen LogP contribution in [-0.4, -0.2) is 27.4 Å². The summed E-state index contributed by atoms with van der Waals surface area (Å²) in [7, 11) is 0. The first-order valence-electron chi connectivity index (χ1n) is 10.3. The number of carbonyl (C=O) groups excluding carboxylic acids is 1. The fourth-order valence-electron chi connectivity index (χ4n) is 3.12. The number of benzene rings is 2. The van der Waals surface area contributed by atoms with Gasteiger partial charge in [0.05, 0.1) is 23.1 Å². The molecular weight excluding hydrogens is 360 g/mol. The van der Waals surface area contributed by atoms with Crippen molar-refractivity contribution in [3.8, 4) is 0 Å². The molecule has 4 rings (SSSR count). The Morgan fingerprint density at radius 1 is 1.00 bits per heavy atom. The van der Waals surface area contributed by atoms with Gasteiger partial charge in [0, 0.05) is 5.39 Å². The summed E-state index contributed by atoms with van der Waals surface area (Å²) in [6.45, 7) is 13.4. The smallest absolute Gasteiger partial charge is 0.160 e. The highest BCUT2D eigenvalue weighted by atomic mass is 16.1. The van der Waals surface area contributed by atoms with Crippen molar-refractivity contribution in [3.63, 3.8) is 0 Å². The minimum absolute atomic E-state index is 0.286. The lowest BCUT2D eigenvalue weighted by molar-refractivity contribution is -0.108. The summed E-state index contributed by atoms with van der Waals surface area (Å²) in [5.41, 5.74) is 13.0. The molecule has 0 aliphatic heterocycles. The van der Waals surface area contributed by atoms with Crippen LogP contribution in [0.2, 0.25) is 0 Å². The number of aromatic nitrogens is 3. The molecule has 0 atom stereocenters. The van der Waals surface area contributed by atoms with Crippen LogP contribution in [-0.2, 0) is 11.3 Å². The first-order valence-corrected chi connectivity index (χ1v) is 10.3. The van der Waals surface area contributed by atoms with E-state index in [9.17, 15) is 4.79 Å². The van der Waals surface area contributed by atoms with E-state index in [1.165, 1.54) is 16.7 Å². The summed E-state index contributed by atoms with van der Waals surface area (Å²) in [4.78, 5) is 20.8. The van der Waals surface area contributed by atoms with E-state index in [0.717, 1.165) is 52.4 Å². The number of hydrogen-bond acceptors (Lipinski definition) is 4. The fraction of sp³-hybridized carbons (Fsp3) is 0.375. The third-order valence-corrected chi connectivity index (χ3v) is 4.76. The molecule has 2 aromatic heterocycles. The third-order valence-electron chi connectivity index (χ3n) is 4.76. The molecule has 0 aliphatic carbocycles. The van der Waals surface area contributed by atoms with E-state index in [4.69, 9.17) is 15.7 Å². The minimum atomic E-state index is 0.286. The van der Waals surface area contributed by atoms with Gasteiger partial charge in [-0.05, 0) is 69.1 Å². The molecule has 0 bridgehead atoms. The summed E-state index contributed by atoms with van der Waals surface area (Å²) in [5.74, 6) is 0. The minimum Gasteiger partial charge on any atom is -0.330 e. The molecule has 0 saturated heterocycles. The Labute approximate surface area is 172 Å². The van der Waals surface area contributed by atoms with Crippen LogP contribution in [0.4, 0.5) is 0 Å². The maximum Gasteiger partial charge on any atom is 0.160 e. The van der Waals surface area contributed by atoms with Crippen LogP contribution in [0.5, 0.6) is 0 Å². The van der Waals surface area contributed by atoms with Gasteiger partial charge in [0.1, 0.15) is 11.8 Å². The van der Waals surface area contributed by atoms with Crippen molar-refractivity contribution in [3.05, 3.63) is 47.0 Å². The van der Waals surface area contributed by atoms with Crippen molar-refractivity contribution in [1.82, 2.24) is 14.5 Å². The second-order valence-electron chi connectivity index (χ2n) is 6.91. The molecule has 29 heavy (non-hydrogen) atoms. The Kier molecular flexibility index (Phi) is 7.85. The summed E-state index contributed by atoms with van der Waals surface area (Å²) >= 11 is 0. The molecule has 2 N–H and O–H groups in total. The van der Waals surface area contributed by atoms with Crippen LogP contribution in [0.15, 0.2) is 30.3 Å². The summed E-state index contributed by atoms with van der Waals surface area (Å²) in [6.07, 6.45) is 2.00. The Morgan fingerprint density at radius 3 is 2.14 bits per heavy atom. The highest BCUT2D eigenvalue weighted by Gasteiger charge is 2.14. The second kappa shape index (κ2) is 10.1. The van der Waals surface area contributed by atoms with E-state index in [-0.39, 0.29) is 6.54 Å². The number of fused-ring (bicyclic) bond motifs is 4. The first kappa shape index (κ1) is 22.5. The van der Waals surface area contributed by atoms with E-state index in [0.29, 0.717) is 0 Å². The van der Waals surface area contributed by atoms with Crippen LogP contribution in [0.1, 0.15) is 43.9 Å². The van der Waals surface area contributed by atoms with Crippen molar-refractivity contribution < 1.29 is 4.79 Å². The highest BCUT2D eigenvalue weighted by Crippen LogP contribution is 2.29. The summed E-state index contributed by atoms with van der Waals surface area (Å²) in [6, 6.07) is 10.3. The fourth-order valence-corrected chi connectivity index (χ4v) is 3.12. The van der Waals surface area contributed by atoms with Gasteiger partial charge in [-0.2, -0.15) is 0 Å². The molecule has 154 valence electrons. The lowest BCUT2D eigenvalue weighted by Crippen LogP contribution is -2.00. The predicted octanol–water partition coefficient (Wildman–Crippen LogP) is 5.24. The molecule has 5 heteroatoms. The van der Waals surface area contributed by atoms with Crippen LogP contribution >= 0.6 is 0 Å². The number of aldehydes is 1. The zero-order chi connectivity index (χ0) is 21.6. The van der Waals surface area contributed by atoms with Crippen LogP contribution in [0.3, 0.4) is 0 Å². The quantitative estimate of drug-likeness (QED) is 0.484. The lowest BCUT2D eigenvalue weighted by Gasteiger charge is -2.05. The van der Waals surface area contributed by atoms with Crippen molar-refractivity contribution >= 4 is 39.4 Å². The van der Waals surface area contributed by atoms with E-state index >= 15 is 0 Å². The lowest BCUT2D eigenvalue weighted by atomic mass is 10.1. The molecule has 0 fully saturated rings. The Balaban J connectivity index is 0.000000449. The summed E-state index contributed by atoms with van der Waals surface area (Å²) in [5, 5.41) is 1.05. The van der Waals surface area contributed by atoms with Gasteiger partial charge in [-0.25, -0.2) is 9.97 Å². The van der Waals surface area contributed by atoms with Gasteiger partial charge in [-0.3, -0.25) is 0 Å². The first-order chi connectivity index (χ1) is 14.0. The third kappa shape index (κ3) is 4.62. The van der Waals surface area contributed by atoms with E-state index in [1.807, 2.05) is 24.5 Å². The number of rotatable bonds is 3. The van der Waals surface area contributed by atoms with Crippen molar-refractivity contribution in [2.75, 3.05) is 6.54 Å². The Morgan fingerprint density at radius 2 is 1.59 bits per heavy atom. The van der Waals surface area contributed by atoms with Gasteiger partial charge in [-0.1, -0.05) is 32.4 Å². The normalized spacial score (nSPS) is 10.4. The van der Waals surface area contributed by atoms with Crippen LogP contribution < -0.4 is 5.73 Å². The van der Waals surface area contributed by atoms with Gasteiger partial charge < -0.3 is 15.1 Å². The molecule has 0 radical (unpaired) electrons. The standard InChI is InChI=1S/C19H17N3O.C3H9N.C2H6/c1-11-4-5-17-14(8-11)18-19(22(17)6-7-23)21-16-10-13(3)12(2)9-15(16)20-18;1-2-3-4;1-2/h4-5,7-10H,6H2,1-3H3;2-4H2,1H3;1-2H3. The zero-order valence-electron chi connectivity index (χ0n) is 18.4. The topological polar surface area (TPSA) is 73.8 Å². The van der Waals surface area contributed by atoms with Crippen molar-refractivity contribution in [2.45, 2.75) is 54.5 Å². The van der Waals surface area contributed by atoms with Crippen LogP contribution in [0, 0.1) is 20.8 Å². The van der Waals surface area contributed by atoms with E-state index in [2.05, 4.69) is 52.0 Å². The number of carbonyl (C=O) groups is 1. The Hall–Kier alpha value is -2.79. The molecule has 5 nitrogen and oxygen atoms in total. The molecule has 4 aromatic rings. The van der Waals surface area contributed by atoms with E-state index < -0.39 is 0 Å². The maximum atomic E-state index is 11.1. The van der Waals surface area contributed by atoms with Crippen molar-refractivity contribution in [1.29, 1.82) is 0 Å². The highest BCUT2D eigenvalue weighted by molar-refractivity contribution is 6.07. The molecule has 0 amide bonds. The molecule has 0 aliphatic rings. The molecular formula is C24H32N4O. The summed E-state index contributed by atoms with van der Waals surface area (Å²) < 4.78 is 1.94. The number of hydrogen-bond donors (Lipinski definition) is 1. The van der Waals surface area contributed by atoms with Gasteiger partial charge in [0.25, 0.3) is 0 Å². The second-order valence-corrected chi connectivity index (χ2v) is 6.91. The SMILES string of the molecule is CC.CCCN.Cc1ccc2c(c1)c1nc3cc(C)c(C)cc3nc1n2CC=O. The Bertz CT molecular complexity index is 1130. The van der Waals surface area contributed by atoms with Crippen LogP contribution in [0.25, 0.3) is 33.1 Å². The average molecular weight is 393 g/mol. The molecule has 0 unspecified atom stereocenters. The van der Waals surface area contributed by atoms with Gasteiger partial charge in [0.2, 0.25) is 0 Å². The van der Waals surface area contributed by atoms with Gasteiger partial charge in [0.15, 0.2) is 5.65 Å². The number of nitrogens with zero attached hydrogens (tertiary/aromatic N) is 3. The predicted molar refractivity (Wildman–Crippen MR) is 124 cm³/mol. The monoisotopic (exact) mass is 392 g/mol. The van der Waals surface area contributed by atoms with Gasteiger partial charge >= 0.3 is 0 Å². The number of aryl methyl sites for hydroxylation is 3. The average Bonchev–Trinajstić information content (AvgIpc) is 3.01. The largest absolute Gasteiger partial charge is 0.330 e. The zero-order valence-corrected chi connectivity index (χ0v) is 18.4. The molecule has 2 aromatic carbocycles. The maximum absolute atomic E-state index is 11.1. The number of nitrogens with two attached hydrogens (primary N) is 1. The van der Waals surface area contributed by atoms with Gasteiger partial charge in [-0.15, -0.1) is 0 Å². The van der Waals surface area contributed by atoms with Crippen molar-refractivity contribution in [2.24, 2.45) is 5.73 Å². The molecule has 2 heterocycles. The molecule has 0 spiro atoms. The molecule has 0 saturated carbocycles. The van der Waals surface area contributed by atoms with E-state index in [1.54, 1.807) is 0 Å².